The van der Waals surface area contributed by atoms with Gasteiger partial charge in [-0.1, -0.05) is 6.07 Å². The number of benzene rings is 1. The second kappa shape index (κ2) is 4.66. The van der Waals surface area contributed by atoms with Gasteiger partial charge in [0.1, 0.15) is 10.8 Å². The molecule has 1 saturated heterocycles. The Morgan fingerprint density at radius 3 is 3.09 bits per heavy atom. The Hall–Kier alpha value is -2.18. The minimum atomic E-state index is -1.52. The lowest BCUT2D eigenvalue weighted by atomic mass is 9.90. The molecule has 2 aromatic rings. The van der Waals surface area contributed by atoms with Crippen LogP contribution in [0.1, 0.15) is 16.8 Å². The number of thiophene rings is 1. The van der Waals surface area contributed by atoms with Crippen molar-refractivity contribution in [3.05, 3.63) is 41.3 Å². The molecule has 1 aromatic carbocycles. The molecule has 0 spiro atoms. The normalized spacial score (nSPS) is 23.1. The van der Waals surface area contributed by atoms with Gasteiger partial charge in [-0.25, -0.2) is 4.99 Å². The lowest BCUT2D eigenvalue weighted by molar-refractivity contribution is 0.0603. The molecular weight excluding hydrogens is 300 g/mol. The number of methoxy groups -OCH3 is 1. The summed E-state index contributed by atoms with van der Waals surface area (Å²) in [6.07, 6.45) is 0.344. The molecule has 22 heavy (non-hydrogen) atoms. The van der Waals surface area contributed by atoms with Gasteiger partial charge < -0.3 is 14.7 Å². The van der Waals surface area contributed by atoms with Gasteiger partial charge in [0.15, 0.2) is 11.4 Å². The molecule has 6 heteroatoms. The highest BCUT2D eigenvalue weighted by Gasteiger charge is 2.52. The number of hydrogen-bond acceptors (Lipinski definition) is 6. The maximum absolute atomic E-state index is 12.6. The van der Waals surface area contributed by atoms with Crippen LogP contribution in [0.15, 0.2) is 40.7 Å². The van der Waals surface area contributed by atoms with E-state index in [1.54, 1.807) is 13.2 Å². The Bertz CT molecular complexity index is 798. The number of nitrogens with zero attached hydrogens (tertiary/aromatic N) is 2. The Morgan fingerprint density at radius 1 is 1.41 bits per heavy atom. The zero-order valence-corrected chi connectivity index (χ0v) is 12.8. The second-order valence-corrected chi connectivity index (χ2v) is 6.26. The first-order chi connectivity index (χ1) is 10.6. The molecule has 0 saturated carbocycles. The summed E-state index contributed by atoms with van der Waals surface area (Å²) in [7, 11) is 1.61. The Balaban J connectivity index is 1.83. The highest BCUT2D eigenvalue weighted by molar-refractivity contribution is 7.14. The van der Waals surface area contributed by atoms with Crippen LogP contribution in [0.4, 0.5) is 10.7 Å². The molecule has 5 nitrogen and oxygen atoms in total. The summed E-state index contributed by atoms with van der Waals surface area (Å²) < 4.78 is 5.25. The van der Waals surface area contributed by atoms with Crippen LogP contribution in [0.5, 0.6) is 5.75 Å². The van der Waals surface area contributed by atoms with Gasteiger partial charge in [0.25, 0.3) is 0 Å². The van der Waals surface area contributed by atoms with Crippen molar-refractivity contribution in [2.75, 3.05) is 18.6 Å². The van der Waals surface area contributed by atoms with Gasteiger partial charge >= 0.3 is 0 Å². The SMILES string of the molecule is COc1cccc(N2CCC3(O)C(=O)c4ccsc4N=C23)c1. The van der Waals surface area contributed by atoms with E-state index in [0.717, 1.165) is 11.4 Å². The van der Waals surface area contributed by atoms with Crippen LogP contribution in [0.25, 0.3) is 0 Å². The minimum absolute atomic E-state index is 0.251. The van der Waals surface area contributed by atoms with Crippen LogP contribution in [0.3, 0.4) is 0 Å². The van der Waals surface area contributed by atoms with E-state index in [2.05, 4.69) is 4.99 Å². The molecule has 3 heterocycles. The third-order valence-corrected chi connectivity index (χ3v) is 4.97. The molecule has 1 N–H and O–H groups in total. The third-order valence-electron chi connectivity index (χ3n) is 4.16. The van der Waals surface area contributed by atoms with Crippen LogP contribution in [0.2, 0.25) is 0 Å². The molecule has 0 bridgehead atoms. The van der Waals surface area contributed by atoms with E-state index in [1.807, 2.05) is 34.5 Å². The largest absolute Gasteiger partial charge is 0.497 e. The van der Waals surface area contributed by atoms with Crippen LogP contribution in [0, 0.1) is 0 Å². The van der Waals surface area contributed by atoms with Crippen LogP contribution in [-0.4, -0.2) is 36.0 Å². The molecule has 0 amide bonds. The fourth-order valence-corrected chi connectivity index (χ4v) is 3.75. The fourth-order valence-electron chi connectivity index (χ4n) is 2.99. The number of hydrogen-bond donors (Lipinski definition) is 1. The zero-order chi connectivity index (χ0) is 15.3. The van der Waals surface area contributed by atoms with E-state index < -0.39 is 5.60 Å². The Kier molecular flexibility index (Phi) is 2.85. The van der Waals surface area contributed by atoms with E-state index in [-0.39, 0.29) is 5.78 Å². The van der Waals surface area contributed by atoms with Gasteiger partial charge in [-0.3, -0.25) is 4.79 Å². The maximum Gasteiger partial charge on any atom is 0.205 e. The zero-order valence-electron chi connectivity index (χ0n) is 11.9. The van der Waals surface area contributed by atoms with E-state index in [9.17, 15) is 9.90 Å². The number of aliphatic imine (C=N–C) groups is 1. The number of ketones is 1. The fraction of sp³-hybridized carbons (Fsp3) is 0.250. The van der Waals surface area contributed by atoms with Gasteiger partial charge in [0.05, 0.1) is 12.7 Å². The molecule has 0 radical (unpaired) electrons. The summed E-state index contributed by atoms with van der Waals surface area (Å²) in [5.41, 5.74) is -0.137. The van der Waals surface area contributed by atoms with Crippen molar-refractivity contribution in [2.45, 2.75) is 12.0 Å². The summed E-state index contributed by atoms with van der Waals surface area (Å²) in [5.74, 6) is 0.896. The van der Waals surface area contributed by atoms with Crippen molar-refractivity contribution in [3.8, 4) is 5.75 Å². The maximum atomic E-state index is 12.6. The molecular formula is C16H14N2O3S. The molecule has 1 unspecified atom stereocenters. The number of rotatable bonds is 2. The smallest absolute Gasteiger partial charge is 0.205 e. The lowest BCUT2D eigenvalue weighted by Gasteiger charge is -2.28. The van der Waals surface area contributed by atoms with Gasteiger partial charge in [0, 0.05) is 24.7 Å². The lowest BCUT2D eigenvalue weighted by Crippen LogP contribution is -2.48. The van der Waals surface area contributed by atoms with Crippen LogP contribution < -0.4 is 9.64 Å². The quantitative estimate of drug-likeness (QED) is 0.925. The van der Waals surface area contributed by atoms with E-state index >= 15 is 0 Å². The standard InChI is InChI=1S/C16H14N2O3S/c1-21-11-4-2-3-10(9-11)18-7-6-16(20)13(19)12-5-8-22-14(12)17-15(16)18/h2-5,8-9,20H,6-7H2,1H3. The number of anilines is 1. The Morgan fingerprint density at radius 2 is 2.27 bits per heavy atom. The van der Waals surface area contributed by atoms with Crippen molar-refractivity contribution in [2.24, 2.45) is 4.99 Å². The average Bonchev–Trinajstić information content (AvgIpc) is 3.13. The van der Waals surface area contributed by atoms with Crippen molar-refractivity contribution >= 4 is 33.6 Å². The first-order valence-corrected chi connectivity index (χ1v) is 7.87. The van der Waals surface area contributed by atoms with E-state index in [0.29, 0.717) is 29.4 Å². The van der Waals surface area contributed by atoms with Crippen molar-refractivity contribution < 1.29 is 14.6 Å². The molecule has 2 aliphatic rings. The predicted octanol–water partition coefficient (Wildman–Crippen LogP) is 2.62. The highest BCUT2D eigenvalue weighted by atomic mass is 32.1. The molecule has 2 aliphatic heterocycles. The van der Waals surface area contributed by atoms with Crippen LogP contribution >= 0.6 is 11.3 Å². The average molecular weight is 314 g/mol. The van der Waals surface area contributed by atoms with Gasteiger partial charge in [-0.05, 0) is 23.6 Å². The third kappa shape index (κ3) is 1.74. The number of carbonyl (C=O) groups excluding carboxylic acids is 1. The number of Topliss-reactive ketones (excluding diaryl/α,β-unsaturated/α-hetero) is 1. The first-order valence-electron chi connectivity index (χ1n) is 6.99. The summed E-state index contributed by atoms with van der Waals surface area (Å²) in [5, 5.41) is 13.3. The molecule has 112 valence electrons. The number of fused-ring (bicyclic) bond motifs is 2. The first kappa shape index (κ1) is 13.5. The molecule has 4 rings (SSSR count). The number of carbonyl (C=O) groups is 1. The molecule has 1 fully saturated rings. The summed E-state index contributed by atoms with van der Waals surface area (Å²) in [6.45, 7) is 0.545. The predicted molar refractivity (Wildman–Crippen MR) is 85.7 cm³/mol. The van der Waals surface area contributed by atoms with Crippen molar-refractivity contribution in [3.63, 3.8) is 0 Å². The number of amidine groups is 1. The summed E-state index contributed by atoms with van der Waals surface area (Å²) in [6, 6.07) is 9.27. The van der Waals surface area contributed by atoms with Crippen molar-refractivity contribution in [1.82, 2.24) is 0 Å². The molecule has 1 atom stereocenters. The molecule has 0 aliphatic carbocycles. The minimum Gasteiger partial charge on any atom is -0.497 e. The Labute approximate surface area is 131 Å². The number of ether oxygens (including phenoxy) is 1. The van der Waals surface area contributed by atoms with Gasteiger partial charge in [0.2, 0.25) is 5.78 Å². The summed E-state index contributed by atoms with van der Waals surface area (Å²) in [4.78, 5) is 19.0. The molecule has 1 aromatic heterocycles. The number of aliphatic hydroxyl groups is 1. The van der Waals surface area contributed by atoms with E-state index in [4.69, 9.17) is 4.74 Å². The van der Waals surface area contributed by atoms with Crippen molar-refractivity contribution in [1.29, 1.82) is 0 Å². The highest BCUT2D eigenvalue weighted by Crippen LogP contribution is 2.42. The monoisotopic (exact) mass is 314 g/mol. The van der Waals surface area contributed by atoms with E-state index in [1.165, 1.54) is 11.3 Å². The summed E-state index contributed by atoms with van der Waals surface area (Å²) >= 11 is 1.41. The topological polar surface area (TPSA) is 62.1 Å². The second-order valence-electron chi connectivity index (χ2n) is 5.37. The van der Waals surface area contributed by atoms with Gasteiger partial charge in [-0.2, -0.15) is 0 Å². The van der Waals surface area contributed by atoms with Gasteiger partial charge in [-0.15, -0.1) is 11.3 Å². The van der Waals surface area contributed by atoms with Crippen LogP contribution in [-0.2, 0) is 0 Å².